The van der Waals surface area contributed by atoms with Crippen molar-refractivity contribution in [1.82, 2.24) is 4.98 Å². The number of oxazole rings is 1. The van der Waals surface area contributed by atoms with Crippen LogP contribution in [-0.2, 0) is 4.79 Å². The van der Waals surface area contributed by atoms with Crippen molar-refractivity contribution in [1.29, 1.82) is 0 Å². The molecule has 1 aromatic heterocycles. The Balaban J connectivity index is 1.47. The van der Waals surface area contributed by atoms with Gasteiger partial charge in [-0.2, -0.15) is 0 Å². The van der Waals surface area contributed by atoms with E-state index in [1.54, 1.807) is 19.2 Å². The molecule has 0 aliphatic heterocycles. The summed E-state index contributed by atoms with van der Waals surface area (Å²) >= 11 is 0. The summed E-state index contributed by atoms with van der Waals surface area (Å²) in [5.41, 5.74) is 3.95. The van der Waals surface area contributed by atoms with Crippen LogP contribution in [-0.4, -0.2) is 24.6 Å². The number of nitrogens with zero attached hydrogens (tertiary/aromatic N) is 1. The maximum absolute atomic E-state index is 12.5. The summed E-state index contributed by atoms with van der Waals surface area (Å²) in [4.78, 5) is 17.0. The van der Waals surface area contributed by atoms with E-state index in [4.69, 9.17) is 13.9 Å². The topological polar surface area (TPSA) is 73.6 Å². The highest BCUT2D eigenvalue weighted by atomic mass is 16.5. The lowest BCUT2D eigenvalue weighted by atomic mass is 10.0. The van der Waals surface area contributed by atoms with Crippen molar-refractivity contribution in [2.75, 3.05) is 19.0 Å². The van der Waals surface area contributed by atoms with Gasteiger partial charge in [0.05, 0.1) is 12.8 Å². The molecule has 1 heterocycles. The molecule has 0 spiro atoms. The molecule has 6 heteroatoms. The first-order chi connectivity index (χ1) is 15.0. The maximum Gasteiger partial charge on any atom is 0.262 e. The first-order valence-corrected chi connectivity index (χ1v) is 10.1. The molecule has 4 aromatic rings. The predicted octanol–water partition coefficient (Wildman–Crippen LogP) is 5.64. The highest BCUT2D eigenvalue weighted by Gasteiger charge is 2.14. The van der Waals surface area contributed by atoms with Crippen molar-refractivity contribution in [2.45, 2.75) is 19.8 Å². The van der Waals surface area contributed by atoms with Crippen LogP contribution in [0.25, 0.3) is 22.6 Å². The van der Waals surface area contributed by atoms with Gasteiger partial charge >= 0.3 is 0 Å². The Morgan fingerprint density at radius 3 is 2.55 bits per heavy atom. The molecule has 158 valence electrons. The molecule has 0 fully saturated rings. The molecular formula is C25H24N2O4. The van der Waals surface area contributed by atoms with Gasteiger partial charge in [-0.1, -0.05) is 38.1 Å². The molecule has 1 amide bonds. The molecule has 0 aliphatic carbocycles. The van der Waals surface area contributed by atoms with Crippen LogP contribution >= 0.6 is 0 Å². The van der Waals surface area contributed by atoms with E-state index in [-0.39, 0.29) is 12.5 Å². The van der Waals surface area contributed by atoms with Crippen LogP contribution in [0.5, 0.6) is 11.5 Å². The number of fused-ring (bicyclic) bond motifs is 1. The fraction of sp³-hybridized carbons (Fsp3) is 0.200. The molecular weight excluding hydrogens is 392 g/mol. The Morgan fingerprint density at radius 1 is 1.06 bits per heavy atom. The first-order valence-electron chi connectivity index (χ1n) is 10.1. The van der Waals surface area contributed by atoms with Crippen LogP contribution < -0.4 is 14.8 Å². The SMILES string of the molecule is COc1ccc(-c2nc3ccccc3o2)cc1NC(=O)COc1ccc(C(C)C)cc1. The summed E-state index contributed by atoms with van der Waals surface area (Å²) in [6.07, 6.45) is 0. The summed E-state index contributed by atoms with van der Waals surface area (Å²) in [6.45, 7) is 4.15. The maximum atomic E-state index is 12.5. The third-order valence-corrected chi connectivity index (χ3v) is 4.93. The molecule has 0 atom stereocenters. The van der Waals surface area contributed by atoms with Gasteiger partial charge in [0.2, 0.25) is 5.89 Å². The molecule has 6 nitrogen and oxygen atoms in total. The standard InChI is InChI=1S/C25H24N2O4/c1-16(2)17-8-11-19(12-9-17)30-15-24(28)26-21-14-18(10-13-22(21)29-3)25-27-20-6-4-5-7-23(20)31-25/h4-14,16H,15H2,1-3H3,(H,26,28). The number of aromatic nitrogens is 1. The normalized spacial score (nSPS) is 11.0. The van der Waals surface area contributed by atoms with E-state index in [0.717, 1.165) is 11.1 Å². The number of carbonyl (C=O) groups excluding carboxylic acids is 1. The number of amides is 1. The number of anilines is 1. The quantitative estimate of drug-likeness (QED) is 0.422. The molecule has 0 saturated heterocycles. The molecule has 0 unspecified atom stereocenters. The fourth-order valence-corrected chi connectivity index (χ4v) is 3.22. The fourth-order valence-electron chi connectivity index (χ4n) is 3.22. The van der Waals surface area contributed by atoms with Crippen molar-refractivity contribution in [3.05, 3.63) is 72.3 Å². The molecule has 0 saturated carbocycles. The van der Waals surface area contributed by atoms with E-state index in [1.165, 1.54) is 5.56 Å². The summed E-state index contributed by atoms with van der Waals surface area (Å²) < 4.78 is 16.8. The van der Waals surface area contributed by atoms with Gasteiger partial charge in [0.15, 0.2) is 12.2 Å². The van der Waals surface area contributed by atoms with E-state index < -0.39 is 0 Å². The molecule has 0 aliphatic rings. The van der Waals surface area contributed by atoms with Crippen LogP contribution in [0.15, 0.2) is 71.1 Å². The number of benzene rings is 3. The average Bonchev–Trinajstić information content (AvgIpc) is 3.22. The largest absolute Gasteiger partial charge is 0.495 e. The molecule has 3 aromatic carbocycles. The summed E-state index contributed by atoms with van der Waals surface area (Å²) in [6, 6.07) is 20.7. The van der Waals surface area contributed by atoms with E-state index in [2.05, 4.69) is 24.1 Å². The van der Waals surface area contributed by atoms with Gasteiger partial charge < -0.3 is 19.2 Å². The summed E-state index contributed by atoms with van der Waals surface area (Å²) in [7, 11) is 1.55. The number of nitrogens with one attached hydrogen (secondary N) is 1. The monoisotopic (exact) mass is 416 g/mol. The molecule has 31 heavy (non-hydrogen) atoms. The highest BCUT2D eigenvalue weighted by Crippen LogP contribution is 2.32. The highest BCUT2D eigenvalue weighted by molar-refractivity contribution is 5.94. The van der Waals surface area contributed by atoms with Crippen molar-refractivity contribution in [3.8, 4) is 23.0 Å². The number of hydrogen-bond acceptors (Lipinski definition) is 5. The predicted molar refractivity (Wildman–Crippen MR) is 121 cm³/mol. The number of hydrogen-bond donors (Lipinski definition) is 1. The van der Waals surface area contributed by atoms with E-state index in [9.17, 15) is 4.79 Å². The van der Waals surface area contributed by atoms with Gasteiger partial charge in [0.1, 0.15) is 17.0 Å². The minimum atomic E-state index is -0.291. The van der Waals surface area contributed by atoms with Crippen molar-refractivity contribution < 1.29 is 18.7 Å². The van der Waals surface area contributed by atoms with Crippen LogP contribution in [0.1, 0.15) is 25.3 Å². The number of para-hydroxylation sites is 2. The molecule has 0 bridgehead atoms. The Kier molecular flexibility index (Phi) is 5.89. The van der Waals surface area contributed by atoms with Gasteiger partial charge in [0, 0.05) is 5.56 Å². The number of ether oxygens (including phenoxy) is 2. The van der Waals surface area contributed by atoms with Crippen molar-refractivity contribution in [2.24, 2.45) is 0 Å². The first kappa shape index (κ1) is 20.5. The third kappa shape index (κ3) is 4.69. The van der Waals surface area contributed by atoms with E-state index >= 15 is 0 Å². The van der Waals surface area contributed by atoms with Crippen LogP contribution in [0, 0.1) is 0 Å². The summed E-state index contributed by atoms with van der Waals surface area (Å²) in [5.74, 6) is 1.81. The van der Waals surface area contributed by atoms with Crippen molar-refractivity contribution in [3.63, 3.8) is 0 Å². The number of methoxy groups -OCH3 is 1. The zero-order valence-corrected chi connectivity index (χ0v) is 17.7. The third-order valence-electron chi connectivity index (χ3n) is 4.93. The Bertz CT molecular complexity index is 1160. The van der Waals surface area contributed by atoms with Gasteiger partial charge in [-0.05, 0) is 53.9 Å². The summed E-state index contributed by atoms with van der Waals surface area (Å²) in [5, 5.41) is 2.85. The van der Waals surface area contributed by atoms with Gasteiger partial charge in [0.25, 0.3) is 5.91 Å². The average molecular weight is 416 g/mol. The molecule has 4 rings (SSSR count). The number of rotatable bonds is 7. The van der Waals surface area contributed by atoms with Crippen LogP contribution in [0.4, 0.5) is 5.69 Å². The van der Waals surface area contributed by atoms with Gasteiger partial charge in [-0.15, -0.1) is 0 Å². The second-order valence-corrected chi connectivity index (χ2v) is 7.46. The van der Waals surface area contributed by atoms with Crippen LogP contribution in [0.3, 0.4) is 0 Å². The smallest absolute Gasteiger partial charge is 0.262 e. The lowest BCUT2D eigenvalue weighted by molar-refractivity contribution is -0.118. The lowest BCUT2D eigenvalue weighted by Gasteiger charge is -2.12. The minimum absolute atomic E-state index is 0.114. The van der Waals surface area contributed by atoms with Gasteiger partial charge in [-0.25, -0.2) is 4.98 Å². The van der Waals surface area contributed by atoms with E-state index in [1.807, 2.05) is 54.6 Å². The van der Waals surface area contributed by atoms with E-state index in [0.29, 0.717) is 34.6 Å². The molecule has 0 radical (unpaired) electrons. The van der Waals surface area contributed by atoms with Crippen LogP contribution in [0.2, 0.25) is 0 Å². The van der Waals surface area contributed by atoms with Gasteiger partial charge in [-0.3, -0.25) is 4.79 Å². The number of carbonyl (C=O) groups is 1. The lowest BCUT2D eigenvalue weighted by Crippen LogP contribution is -2.20. The minimum Gasteiger partial charge on any atom is -0.495 e. The Hall–Kier alpha value is -3.80. The zero-order chi connectivity index (χ0) is 21.8. The second kappa shape index (κ2) is 8.92. The zero-order valence-electron chi connectivity index (χ0n) is 17.7. The Morgan fingerprint density at radius 2 is 1.84 bits per heavy atom. The second-order valence-electron chi connectivity index (χ2n) is 7.46. The van der Waals surface area contributed by atoms with Crippen molar-refractivity contribution >= 4 is 22.7 Å². The Labute approximate surface area is 180 Å². The molecule has 1 N–H and O–H groups in total.